The number of carboxylic acids is 1. The van der Waals surface area contributed by atoms with Crippen LogP contribution in [0.4, 0.5) is 0 Å². The molecule has 0 saturated carbocycles. The molecule has 1 aromatic carbocycles. The van der Waals surface area contributed by atoms with Crippen molar-refractivity contribution >= 4 is 16.9 Å². The number of aromatic carboxylic acids is 1. The number of carbonyl (C=O) groups is 1. The third-order valence-corrected chi connectivity index (χ3v) is 2.06. The van der Waals surface area contributed by atoms with E-state index in [0.717, 1.165) is 10.9 Å². The molecule has 1 heterocycles. The Morgan fingerprint density at radius 2 is 2.21 bits per heavy atom. The molecule has 4 heteroatoms. The van der Waals surface area contributed by atoms with Gasteiger partial charge in [-0.05, 0) is 18.2 Å². The fourth-order valence-electron chi connectivity index (χ4n) is 1.35. The molecule has 0 fully saturated rings. The highest BCUT2D eigenvalue weighted by molar-refractivity contribution is 5.93. The molecule has 0 aliphatic rings. The van der Waals surface area contributed by atoms with E-state index in [1.54, 1.807) is 31.4 Å². The first-order chi connectivity index (χ1) is 6.70. The summed E-state index contributed by atoms with van der Waals surface area (Å²) in [6.45, 7) is 0. The normalized spacial score (nSPS) is 10.4. The molecule has 0 aliphatic heterocycles. The summed E-state index contributed by atoms with van der Waals surface area (Å²) in [4.78, 5) is 13.7. The van der Waals surface area contributed by atoms with Crippen molar-refractivity contribution in [2.24, 2.45) is 0 Å². The number of methoxy groups -OCH3 is 1. The van der Waals surface area contributed by atoms with Crippen molar-refractivity contribution in [3.63, 3.8) is 0 Å². The Morgan fingerprint density at radius 1 is 1.43 bits per heavy atom. The Hall–Kier alpha value is -1.97. The monoisotopic (exact) mass is 191 g/mol. The molecule has 0 saturated heterocycles. The SMILES string of the molecule is COc1cc2cc(C(=O)O)ccc2[nH]1. The van der Waals surface area contributed by atoms with Gasteiger partial charge in [0.25, 0.3) is 0 Å². The van der Waals surface area contributed by atoms with Crippen LogP contribution in [0.2, 0.25) is 0 Å². The molecule has 0 radical (unpaired) electrons. The van der Waals surface area contributed by atoms with E-state index in [9.17, 15) is 4.79 Å². The molecule has 2 rings (SSSR count). The minimum absolute atomic E-state index is 0.277. The van der Waals surface area contributed by atoms with Gasteiger partial charge in [-0.3, -0.25) is 0 Å². The van der Waals surface area contributed by atoms with E-state index in [-0.39, 0.29) is 5.56 Å². The minimum atomic E-state index is -0.924. The van der Waals surface area contributed by atoms with E-state index in [2.05, 4.69) is 4.98 Å². The largest absolute Gasteiger partial charge is 0.482 e. The second kappa shape index (κ2) is 3.06. The second-order valence-corrected chi connectivity index (χ2v) is 2.94. The first kappa shape index (κ1) is 8.62. The molecule has 0 unspecified atom stereocenters. The van der Waals surface area contributed by atoms with Gasteiger partial charge in [-0.25, -0.2) is 4.79 Å². The average Bonchev–Trinajstić information content (AvgIpc) is 2.58. The molecule has 0 amide bonds. The number of aromatic nitrogens is 1. The Morgan fingerprint density at radius 3 is 2.86 bits per heavy atom. The molecule has 0 bridgehead atoms. The summed E-state index contributed by atoms with van der Waals surface area (Å²) in [5, 5.41) is 9.60. The lowest BCUT2D eigenvalue weighted by Gasteiger charge is -1.93. The molecule has 4 nitrogen and oxygen atoms in total. The van der Waals surface area contributed by atoms with Gasteiger partial charge >= 0.3 is 5.97 Å². The molecule has 0 atom stereocenters. The first-order valence-corrected chi connectivity index (χ1v) is 4.11. The van der Waals surface area contributed by atoms with Crippen LogP contribution < -0.4 is 4.74 Å². The van der Waals surface area contributed by atoms with E-state index < -0.39 is 5.97 Å². The summed E-state index contributed by atoms with van der Waals surface area (Å²) in [5.74, 6) is -0.297. The fourth-order valence-corrected chi connectivity index (χ4v) is 1.35. The number of nitrogens with one attached hydrogen (secondary N) is 1. The highest BCUT2D eigenvalue weighted by Crippen LogP contribution is 2.21. The van der Waals surface area contributed by atoms with Gasteiger partial charge in [0.1, 0.15) is 0 Å². The van der Waals surface area contributed by atoms with E-state index >= 15 is 0 Å². The molecule has 0 aliphatic carbocycles. The lowest BCUT2D eigenvalue weighted by Crippen LogP contribution is -1.94. The third kappa shape index (κ3) is 1.31. The zero-order valence-electron chi connectivity index (χ0n) is 7.57. The predicted octanol–water partition coefficient (Wildman–Crippen LogP) is 1.87. The summed E-state index contributed by atoms with van der Waals surface area (Å²) in [7, 11) is 1.56. The fraction of sp³-hybridized carbons (Fsp3) is 0.100. The van der Waals surface area contributed by atoms with Gasteiger partial charge in [-0.15, -0.1) is 0 Å². The average molecular weight is 191 g/mol. The van der Waals surface area contributed by atoms with Crippen LogP contribution in [0.5, 0.6) is 5.88 Å². The Bertz CT molecular complexity index is 487. The van der Waals surface area contributed by atoms with Crippen molar-refractivity contribution < 1.29 is 14.6 Å². The van der Waals surface area contributed by atoms with Crippen molar-refractivity contribution in [2.75, 3.05) is 7.11 Å². The zero-order chi connectivity index (χ0) is 10.1. The number of carboxylic acid groups (broad SMARTS) is 1. The van der Waals surface area contributed by atoms with E-state index in [4.69, 9.17) is 9.84 Å². The molecule has 72 valence electrons. The number of rotatable bonds is 2. The number of hydrogen-bond donors (Lipinski definition) is 2. The van der Waals surface area contributed by atoms with Crippen LogP contribution in [-0.4, -0.2) is 23.2 Å². The summed E-state index contributed by atoms with van der Waals surface area (Å²) >= 11 is 0. The summed E-state index contributed by atoms with van der Waals surface area (Å²) < 4.78 is 5.00. The van der Waals surface area contributed by atoms with Gasteiger partial charge in [0, 0.05) is 17.0 Å². The number of fused-ring (bicyclic) bond motifs is 1. The van der Waals surface area contributed by atoms with Crippen LogP contribution in [0.1, 0.15) is 10.4 Å². The van der Waals surface area contributed by atoms with Crippen LogP contribution in [-0.2, 0) is 0 Å². The molecular formula is C10H9NO3. The highest BCUT2D eigenvalue weighted by Gasteiger charge is 2.05. The Kier molecular flexibility index (Phi) is 1.89. The van der Waals surface area contributed by atoms with Gasteiger partial charge in [0.15, 0.2) is 5.88 Å². The maximum Gasteiger partial charge on any atom is 0.335 e. The van der Waals surface area contributed by atoms with E-state index in [0.29, 0.717) is 5.88 Å². The van der Waals surface area contributed by atoms with Gasteiger partial charge < -0.3 is 14.8 Å². The quantitative estimate of drug-likeness (QED) is 0.761. The smallest absolute Gasteiger partial charge is 0.335 e. The minimum Gasteiger partial charge on any atom is -0.482 e. The maximum absolute atomic E-state index is 10.7. The Balaban J connectivity index is 2.59. The van der Waals surface area contributed by atoms with Gasteiger partial charge in [0.2, 0.25) is 0 Å². The van der Waals surface area contributed by atoms with E-state index in [1.807, 2.05) is 0 Å². The third-order valence-electron chi connectivity index (χ3n) is 2.06. The molecular weight excluding hydrogens is 182 g/mol. The first-order valence-electron chi connectivity index (χ1n) is 4.11. The Labute approximate surface area is 80.1 Å². The van der Waals surface area contributed by atoms with Crippen molar-refractivity contribution in [2.45, 2.75) is 0 Å². The summed E-state index contributed by atoms with van der Waals surface area (Å²) in [6, 6.07) is 6.65. The lowest BCUT2D eigenvalue weighted by atomic mass is 10.1. The van der Waals surface area contributed by atoms with Gasteiger partial charge in [-0.2, -0.15) is 0 Å². The molecule has 0 spiro atoms. The molecule has 1 aromatic heterocycles. The van der Waals surface area contributed by atoms with Crippen molar-refractivity contribution in [3.05, 3.63) is 29.8 Å². The van der Waals surface area contributed by atoms with Crippen molar-refractivity contribution in [1.29, 1.82) is 0 Å². The topological polar surface area (TPSA) is 62.3 Å². The highest BCUT2D eigenvalue weighted by atomic mass is 16.5. The maximum atomic E-state index is 10.7. The summed E-state index contributed by atoms with van der Waals surface area (Å²) in [6.07, 6.45) is 0. The summed E-state index contributed by atoms with van der Waals surface area (Å²) in [5.41, 5.74) is 1.14. The predicted molar refractivity (Wildman–Crippen MR) is 51.8 cm³/mol. The molecule has 14 heavy (non-hydrogen) atoms. The van der Waals surface area contributed by atoms with Crippen LogP contribution in [0.25, 0.3) is 10.9 Å². The van der Waals surface area contributed by atoms with Crippen LogP contribution >= 0.6 is 0 Å². The number of hydrogen-bond acceptors (Lipinski definition) is 2. The zero-order valence-corrected chi connectivity index (χ0v) is 7.57. The van der Waals surface area contributed by atoms with Gasteiger partial charge in [-0.1, -0.05) is 0 Å². The number of benzene rings is 1. The van der Waals surface area contributed by atoms with Gasteiger partial charge in [0.05, 0.1) is 12.7 Å². The van der Waals surface area contributed by atoms with E-state index in [1.165, 1.54) is 0 Å². The van der Waals surface area contributed by atoms with Crippen LogP contribution in [0.3, 0.4) is 0 Å². The molecule has 2 N–H and O–H groups in total. The van der Waals surface area contributed by atoms with Crippen molar-refractivity contribution in [3.8, 4) is 5.88 Å². The number of aromatic amines is 1. The van der Waals surface area contributed by atoms with Crippen LogP contribution in [0.15, 0.2) is 24.3 Å². The standard InChI is InChI=1S/C10H9NO3/c1-14-9-5-7-4-6(10(12)13)2-3-8(7)11-9/h2-5,11H,1H3,(H,12,13). The van der Waals surface area contributed by atoms with Crippen LogP contribution in [0, 0.1) is 0 Å². The molecule has 2 aromatic rings. The second-order valence-electron chi connectivity index (χ2n) is 2.94. The number of ether oxygens (including phenoxy) is 1. The number of H-pyrrole nitrogens is 1. The van der Waals surface area contributed by atoms with Crippen molar-refractivity contribution in [1.82, 2.24) is 4.98 Å². The lowest BCUT2D eigenvalue weighted by molar-refractivity contribution is 0.0697.